The van der Waals surface area contributed by atoms with Gasteiger partial charge in [0.15, 0.2) is 0 Å². The fraction of sp³-hybridized carbons (Fsp3) is 0.154. The molecule has 0 heteroatoms. The Balaban J connectivity index is 0.00000190. The van der Waals surface area contributed by atoms with E-state index in [0.717, 1.165) is 5.57 Å². The van der Waals surface area contributed by atoms with Crippen LogP contribution in [-0.2, 0) is 5.41 Å². The normalized spacial score (nSPS) is 14.9. The van der Waals surface area contributed by atoms with Crippen LogP contribution in [0.2, 0.25) is 0 Å². The van der Waals surface area contributed by atoms with E-state index in [9.17, 15) is 0 Å². The van der Waals surface area contributed by atoms with Gasteiger partial charge in [-0.25, -0.2) is 0 Å². The Bertz CT molecular complexity index is 2550. The van der Waals surface area contributed by atoms with E-state index in [2.05, 4.69) is 180 Å². The van der Waals surface area contributed by atoms with Crippen LogP contribution in [0, 0.1) is 6.92 Å². The molecule has 7 aromatic carbocycles. The summed E-state index contributed by atoms with van der Waals surface area (Å²) >= 11 is 0. The van der Waals surface area contributed by atoms with Crippen molar-refractivity contribution in [3.63, 3.8) is 0 Å². The second-order valence-corrected chi connectivity index (χ2v) is 14.7. The number of aryl methyl sites for hydroxylation is 1. The molecule has 0 aliphatic heterocycles. The highest BCUT2D eigenvalue weighted by Gasteiger charge is 2.35. The highest BCUT2D eigenvalue weighted by molar-refractivity contribution is 5.93. The Morgan fingerprint density at radius 3 is 1.83 bits per heavy atom. The van der Waals surface area contributed by atoms with Gasteiger partial charge in [-0.1, -0.05) is 163 Å². The minimum absolute atomic E-state index is 0.00207. The summed E-state index contributed by atoms with van der Waals surface area (Å²) in [4.78, 5) is 0. The SMILES string of the molecule is C=C/C(=C\c1ccc(-c2ccc3cc(-c4ccc5c(c4)C(C)(C)c4ccccc4-5)ccc3c2)cc1C)c1ccc2c(c1)C(C)c1ccccc1-2.CC. The standard InChI is InChI=1S/C50H40.C2H6/c1-6-33(40-21-23-44-43-12-8-7-11-42(43)32(3)47(44)29-40)26-34-15-16-35(25-31(34)2)36-17-18-38-28-39(20-19-37(38)27-36)41-22-24-46-45-13-9-10-14-48(45)50(4,5)49(46)30-41;1-2/h6-30,32H,1H2,2-5H3;1-2H3/b33-26+;. The summed E-state index contributed by atoms with van der Waals surface area (Å²) in [7, 11) is 0. The van der Waals surface area contributed by atoms with Crippen LogP contribution in [0.1, 0.15) is 79.5 Å². The molecule has 0 saturated heterocycles. The molecule has 0 bridgehead atoms. The van der Waals surface area contributed by atoms with Gasteiger partial charge in [-0.2, -0.15) is 0 Å². The van der Waals surface area contributed by atoms with E-state index in [0.29, 0.717) is 5.92 Å². The highest BCUT2D eigenvalue weighted by Crippen LogP contribution is 2.50. The molecule has 0 fully saturated rings. The average molecular weight is 671 g/mol. The molecule has 0 N–H and O–H groups in total. The summed E-state index contributed by atoms with van der Waals surface area (Å²) in [5.74, 6) is 0.395. The molecule has 1 unspecified atom stereocenters. The molecular weight excluding hydrogens is 625 g/mol. The van der Waals surface area contributed by atoms with E-state index in [-0.39, 0.29) is 5.41 Å². The van der Waals surface area contributed by atoms with Crippen molar-refractivity contribution >= 4 is 22.4 Å². The van der Waals surface area contributed by atoms with E-state index in [1.807, 2.05) is 19.9 Å². The monoisotopic (exact) mass is 670 g/mol. The molecule has 0 radical (unpaired) electrons. The second kappa shape index (κ2) is 13.1. The zero-order valence-corrected chi connectivity index (χ0v) is 31.2. The maximum atomic E-state index is 4.20. The Labute approximate surface area is 309 Å². The predicted molar refractivity (Wildman–Crippen MR) is 226 cm³/mol. The van der Waals surface area contributed by atoms with E-state index in [1.165, 1.54) is 94.2 Å². The van der Waals surface area contributed by atoms with Gasteiger partial charge in [-0.3, -0.25) is 0 Å². The first-order valence-corrected chi connectivity index (χ1v) is 18.8. The zero-order chi connectivity index (χ0) is 36.1. The summed E-state index contributed by atoms with van der Waals surface area (Å²) in [6.45, 7) is 17.4. The molecular formula is C52H46. The Morgan fingerprint density at radius 1 is 0.558 bits per heavy atom. The summed E-state index contributed by atoms with van der Waals surface area (Å²) in [5, 5.41) is 2.51. The molecule has 0 spiro atoms. The number of benzene rings is 7. The molecule has 52 heavy (non-hydrogen) atoms. The lowest BCUT2D eigenvalue weighted by molar-refractivity contribution is 0.660. The average Bonchev–Trinajstić information content (AvgIpc) is 3.60. The minimum Gasteiger partial charge on any atom is -0.0984 e. The minimum atomic E-state index is -0.00207. The lowest BCUT2D eigenvalue weighted by Crippen LogP contribution is -2.14. The van der Waals surface area contributed by atoms with Gasteiger partial charge in [0.25, 0.3) is 0 Å². The maximum absolute atomic E-state index is 4.20. The number of allylic oxidation sites excluding steroid dienone is 2. The molecule has 0 heterocycles. The lowest BCUT2D eigenvalue weighted by atomic mass is 9.81. The van der Waals surface area contributed by atoms with Crippen molar-refractivity contribution in [3.8, 4) is 44.5 Å². The largest absolute Gasteiger partial charge is 0.0984 e. The van der Waals surface area contributed by atoms with Crippen molar-refractivity contribution < 1.29 is 0 Å². The fourth-order valence-electron chi connectivity index (χ4n) is 8.57. The molecule has 1 atom stereocenters. The summed E-state index contributed by atoms with van der Waals surface area (Å²) in [6, 6.07) is 52.1. The molecule has 2 aliphatic rings. The van der Waals surface area contributed by atoms with Gasteiger partial charge in [-0.05, 0) is 137 Å². The fourth-order valence-corrected chi connectivity index (χ4v) is 8.57. The van der Waals surface area contributed by atoms with Crippen LogP contribution in [0.4, 0.5) is 0 Å². The van der Waals surface area contributed by atoms with Crippen molar-refractivity contribution in [1.29, 1.82) is 0 Å². The van der Waals surface area contributed by atoms with Crippen molar-refractivity contribution in [3.05, 3.63) is 191 Å². The smallest absolute Gasteiger partial charge is 0.0159 e. The van der Waals surface area contributed by atoms with Gasteiger partial charge >= 0.3 is 0 Å². The second-order valence-electron chi connectivity index (χ2n) is 14.7. The van der Waals surface area contributed by atoms with Crippen molar-refractivity contribution in [1.82, 2.24) is 0 Å². The third-order valence-corrected chi connectivity index (χ3v) is 11.5. The van der Waals surface area contributed by atoms with Crippen LogP contribution in [0.25, 0.3) is 66.9 Å². The van der Waals surface area contributed by atoms with Gasteiger partial charge < -0.3 is 0 Å². The molecule has 2 aliphatic carbocycles. The molecule has 0 aromatic heterocycles. The summed E-state index contributed by atoms with van der Waals surface area (Å²) < 4.78 is 0. The quantitative estimate of drug-likeness (QED) is 0.126. The maximum Gasteiger partial charge on any atom is 0.0159 e. The molecule has 7 aromatic rings. The number of fused-ring (bicyclic) bond motifs is 7. The number of hydrogen-bond donors (Lipinski definition) is 0. The Morgan fingerprint density at radius 2 is 1.12 bits per heavy atom. The zero-order valence-electron chi connectivity index (χ0n) is 31.2. The van der Waals surface area contributed by atoms with Crippen LogP contribution < -0.4 is 0 Å². The van der Waals surface area contributed by atoms with E-state index in [4.69, 9.17) is 0 Å². The van der Waals surface area contributed by atoms with Gasteiger partial charge in [0, 0.05) is 11.3 Å². The third-order valence-electron chi connectivity index (χ3n) is 11.5. The first-order valence-electron chi connectivity index (χ1n) is 18.8. The van der Waals surface area contributed by atoms with Crippen LogP contribution in [0.3, 0.4) is 0 Å². The molecule has 0 saturated carbocycles. The first kappa shape index (κ1) is 33.4. The molecule has 0 amide bonds. The molecule has 0 nitrogen and oxygen atoms in total. The first-order chi connectivity index (χ1) is 25.3. The van der Waals surface area contributed by atoms with Crippen molar-refractivity contribution in [2.75, 3.05) is 0 Å². The topological polar surface area (TPSA) is 0 Å². The number of rotatable bonds is 5. The highest BCUT2D eigenvalue weighted by atomic mass is 14.4. The Hall–Kier alpha value is -5.72. The Kier molecular flexibility index (Phi) is 8.43. The van der Waals surface area contributed by atoms with Gasteiger partial charge in [0.05, 0.1) is 0 Å². The van der Waals surface area contributed by atoms with E-state index < -0.39 is 0 Å². The third kappa shape index (κ3) is 5.46. The van der Waals surface area contributed by atoms with E-state index in [1.54, 1.807) is 0 Å². The van der Waals surface area contributed by atoms with Gasteiger partial charge in [0.1, 0.15) is 0 Å². The summed E-state index contributed by atoms with van der Waals surface area (Å²) in [6.07, 6.45) is 4.27. The van der Waals surface area contributed by atoms with Gasteiger partial charge in [0.2, 0.25) is 0 Å². The van der Waals surface area contributed by atoms with Gasteiger partial charge in [-0.15, -0.1) is 0 Å². The van der Waals surface area contributed by atoms with E-state index >= 15 is 0 Å². The molecule has 254 valence electrons. The van der Waals surface area contributed by atoms with Crippen LogP contribution in [0.15, 0.2) is 152 Å². The van der Waals surface area contributed by atoms with Crippen LogP contribution in [-0.4, -0.2) is 0 Å². The van der Waals surface area contributed by atoms with Crippen LogP contribution in [0.5, 0.6) is 0 Å². The predicted octanol–water partition coefficient (Wildman–Crippen LogP) is 14.7. The number of hydrogen-bond acceptors (Lipinski definition) is 0. The summed E-state index contributed by atoms with van der Waals surface area (Å²) in [5.41, 5.74) is 20.9. The van der Waals surface area contributed by atoms with Crippen molar-refractivity contribution in [2.24, 2.45) is 0 Å². The van der Waals surface area contributed by atoms with Crippen molar-refractivity contribution in [2.45, 2.75) is 52.9 Å². The molecule has 9 rings (SSSR count). The van der Waals surface area contributed by atoms with Crippen LogP contribution >= 0.6 is 0 Å². The lowest BCUT2D eigenvalue weighted by Gasteiger charge is -2.22.